The van der Waals surface area contributed by atoms with Crippen LogP contribution in [-0.4, -0.2) is 54.0 Å². The number of rotatable bonds is 4. The molecule has 24 heavy (non-hydrogen) atoms. The lowest BCUT2D eigenvalue weighted by atomic mass is 10.2. The summed E-state index contributed by atoms with van der Waals surface area (Å²) in [5.41, 5.74) is 3.02. The van der Waals surface area contributed by atoms with Gasteiger partial charge in [-0.25, -0.2) is 10.2 Å². The van der Waals surface area contributed by atoms with Crippen molar-refractivity contribution in [1.82, 2.24) is 20.4 Å². The minimum atomic E-state index is -0.567. The number of urea groups is 1. The Morgan fingerprint density at radius 2 is 1.92 bits per heavy atom. The number of hydrazone groups is 1. The molecule has 2 aromatic rings. The zero-order valence-electron chi connectivity index (χ0n) is 13.0. The van der Waals surface area contributed by atoms with Gasteiger partial charge in [-0.2, -0.15) is 20.1 Å². The molecular formula is C15H17N7O2. The highest BCUT2D eigenvalue weighted by atomic mass is 16.5. The van der Waals surface area contributed by atoms with E-state index in [-0.39, 0.29) is 5.95 Å². The molecule has 1 aliphatic rings. The number of benzene rings is 1. The van der Waals surface area contributed by atoms with Crippen LogP contribution < -0.4 is 15.6 Å². The maximum absolute atomic E-state index is 11.7. The van der Waals surface area contributed by atoms with E-state index >= 15 is 0 Å². The summed E-state index contributed by atoms with van der Waals surface area (Å²) in [6, 6.07) is 8.93. The number of morpholine rings is 1. The van der Waals surface area contributed by atoms with Gasteiger partial charge < -0.3 is 9.64 Å². The van der Waals surface area contributed by atoms with E-state index in [1.807, 2.05) is 35.2 Å². The van der Waals surface area contributed by atoms with Crippen LogP contribution in [0.2, 0.25) is 0 Å². The van der Waals surface area contributed by atoms with Gasteiger partial charge in [-0.3, -0.25) is 5.32 Å². The van der Waals surface area contributed by atoms with Gasteiger partial charge in [-0.1, -0.05) is 30.3 Å². The molecule has 2 heterocycles. The van der Waals surface area contributed by atoms with Crippen molar-refractivity contribution < 1.29 is 9.53 Å². The number of nitrogens with zero attached hydrogens (tertiary/aromatic N) is 5. The van der Waals surface area contributed by atoms with E-state index < -0.39 is 6.03 Å². The van der Waals surface area contributed by atoms with Crippen LogP contribution in [0.3, 0.4) is 0 Å². The van der Waals surface area contributed by atoms with Crippen molar-refractivity contribution in [3.63, 3.8) is 0 Å². The fourth-order valence-corrected chi connectivity index (χ4v) is 2.24. The highest BCUT2D eigenvalue weighted by Gasteiger charge is 2.18. The van der Waals surface area contributed by atoms with Crippen molar-refractivity contribution in [1.29, 1.82) is 0 Å². The van der Waals surface area contributed by atoms with E-state index in [1.165, 1.54) is 0 Å². The zero-order valence-corrected chi connectivity index (χ0v) is 13.0. The lowest BCUT2D eigenvalue weighted by Crippen LogP contribution is -2.37. The molecular weight excluding hydrogens is 310 g/mol. The van der Waals surface area contributed by atoms with Crippen molar-refractivity contribution >= 4 is 24.6 Å². The van der Waals surface area contributed by atoms with E-state index in [4.69, 9.17) is 4.74 Å². The molecule has 1 fully saturated rings. The number of nitrogens with one attached hydrogen (secondary N) is 2. The smallest absolute Gasteiger partial charge is 0.341 e. The van der Waals surface area contributed by atoms with E-state index in [1.54, 1.807) is 0 Å². The zero-order chi connectivity index (χ0) is 16.8. The number of aromatic nitrogens is 3. The first-order valence-electron chi connectivity index (χ1n) is 7.43. The van der Waals surface area contributed by atoms with Gasteiger partial charge >= 0.3 is 6.03 Å². The maximum atomic E-state index is 11.7. The standard InChI is InChI=1S/C15H17N7O2/c1-16-21-15(23)20-13-17-12(11-5-3-2-4-6-11)18-14(19-13)22-7-9-24-10-8-22/h2-6H,1,7-10H2,(H2,17,18,19,20,21,23). The van der Waals surface area contributed by atoms with Crippen LogP contribution >= 0.6 is 0 Å². The molecule has 9 nitrogen and oxygen atoms in total. The van der Waals surface area contributed by atoms with E-state index in [0.717, 1.165) is 5.56 Å². The van der Waals surface area contributed by atoms with Crippen molar-refractivity contribution in [2.75, 3.05) is 36.5 Å². The molecule has 3 rings (SSSR count). The fourth-order valence-electron chi connectivity index (χ4n) is 2.24. The third-order valence-electron chi connectivity index (χ3n) is 3.36. The number of hydrogen-bond donors (Lipinski definition) is 2. The number of carbonyl (C=O) groups excluding carboxylic acids is 1. The van der Waals surface area contributed by atoms with Gasteiger partial charge in [0.2, 0.25) is 11.9 Å². The minimum absolute atomic E-state index is 0.145. The van der Waals surface area contributed by atoms with Crippen molar-refractivity contribution in [2.24, 2.45) is 5.10 Å². The maximum Gasteiger partial charge on any atom is 0.341 e. The molecule has 2 amide bonds. The summed E-state index contributed by atoms with van der Waals surface area (Å²) in [6.45, 7) is 5.77. The largest absolute Gasteiger partial charge is 0.378 e. The highest BCUT2D eigenvalue weighted by Crippen LogP contribution is 2.20. The first-order chi connectivity index (χ1) is 11.8. The van der Waals surface area contributed by atoms with Gasteiger partial charge in [0.25, 0.3) is 0 Å². The average molecular weight is 327 g/mol. The molecule has 1 saturated heterocycles. The molecule has 0 aliphatic carbocycles. The second-order valence-corrected chi connectivity index (χ2v) is 4.97. The summed E-state index contributed by atoms with van der Waals surface area (Å²) in [5, 5.41) is 5.84. The summed E-state index contributed by atoms with van der Waals surface area (Å²) in [6.07, 6.45) is 0. The Bertz CT molecular complexity index is 717. The Balaban J connectivity index is 1.95. The highest BCUT2D eigenvalue weighted by molar-refractivity contribution is 5.87. The average Bonchev–Trinajstić information content (AvgIpc) is 2.63. The molecule has 0 atom stereocenters. The number of hydrogen-bond acceptors (Lipinski definition) is 7. The second-order valence-electron chi connectivity index (χ2n) is 4.97. The van der Waals surface area contributed by atoms with Crippen LogP contribution in [0.25, 0.3) is 11.4 Å². The molecule has 0 radical (unpaired) electrons. The molecule has 0 unspecified atom stereocenters. The number of ether oxygens (including phenoxy) is 1. The van der Waals surface area contributed by atoms with Crippen LogP contribution in [-0.2, 0) is 4.74 Å². The predicted molar refractivity (Wildman–Crippen MR) is 90.0 cm³/mol. The first kappa shape index (κ1) is 15.8. The topological polar surface area (TPSA) is 105 Å². The number of anilines is 2. The fraction of sp³-hybridized carbons (Fsp3) is 0.267. The van der Waals surface area contributed by atoms with E-state index in [0.29, 0.717) is 38.1 Å². The number of amides is 2. The lowest BCUT2D eigenvalue weighted by molar-refractivity contribution is 0.122. The Hall–Kier alpha value is -3.07. The quantitative estimate of drug-likeness (QED) is 0.644. The molecule has 1 aromatic carbocycles. The van der Waals surface area contributed by atoms with Gasteiger partial charge in [0, 0.05) is 25.4 Å². The van der Waals surface area contributed by atoms with Gasteiger partial charge in [-0.15, -0.1) is 0 Å². The van der Waals surface area contributed by atoms with Crippen LogP contribution in [0.5, 0.6) is 0 Å². The van der Waals surface area contributed by atoms with Crippen LogP contribution in [0, 0.1) is 0 Å². The Morgan fingerprint density at radius 3 is 2.62 bits per heavy atom. The molecule has 9 heteroatoms. The predicted octanol–water partition coefficient (Wildman–Crippen LogP) is 1.11. The van der Waals surface area contributed by atoms with E-state index in [2.05, 4.69) is 37.5 Å². The minimum Gasteiger partial charge on any atom is -0.378 e. The van der Waals surface area contributed by atoms with Crippen LogP contribution in [0.4, 0.5) is 16.7 Å². The molecule has 0 saturated carbocycles. The first-order valence-corrected chi connectivity index (χ1v) is 7.43. The molecule has 0 spiro atoms. The summed E-state index contributed by atoms with van der Waals surface area (Å²) >= 11 is 0. The van der Waals surface area contributed by atoms with Gasteiger partial charge in [0.1, 0.15) is 0 Å². The van der Waals surface area contributed by atoms with Crippen molar-refractivity contribution in [3.05, 3.63) is 30.3 Å². The Labute approximate surface area is 138 Å². The normalized spacial score (nSPS) is 14.1. The molecule has 124 valence electrons. The van der Waals surface area contributed by atoms with Gasteiger partial charge in [-0.05, 0) is 0 Å². The molecule has 1 aliphatic heterocycles. The van der Waals surface area contributed by atoms with Crippen LogP contribution in [0.1, 0.15) is 0 Å². The molecule has 2 N–H and O–H groups in total. The molecule has 1 aromatic heterocycles. The monoisotopic (exact) mass is 327 g/mol. The summed E-state index contributed by atoms with van der Waals surface area (Å²) in [5.74, 6) is 1.12. The van der Waals surface area contributed by atoms with Crippen molar-refractivity contribution in [3.8, 4) is 11.4 Å². The van der Waals surface area contributed by atoms with Crippen molar-refractivity contribution in [2.45, 2.75) is 0 Å². The van der Waals surface area contributed by atoms with E-state index in [9.17, 15) is 4.79 Å². The summed E-state index contributed by atoms with van der Waals surface area (Å²) in [4.78, 5) is 26.8. The Morgan fingerprint density at radius 1 is 1.17 bits per heavy atom. The summed E-state index contributed by atoms with van der Waals surface area (Å²) in [7, 11) is 0. The third-order valence-corrected chi connectivity index (χ3v) is 3.36. The lowest BCUT2D eigenvalue weighted by Gasteiger charge is -2.27. The second kappa shape index (κ2) is 7.47. The molecule has 0 bridgehead atoms. The Kier molecular flexibility index (Phi) is 4.92. The van der Waals surface area contributed by atoms with Gasteiger partial charge in [0.15, 0.2) is 5.82 Å². The SMILES string of the molecule is C=NNC(=O)Nc1nc(-c2ccccc2)nc(N2CCOCC2)n1. The number of carbonyl (C=O) groups is 1. The van der Waals surface area contributed by atoms with Gasteiger partial charge in [0.05, 0.1) is 13.2 Å². The summed E-state index contributed by atoms with van der Waals surface area (Å²) < 4.78 is 5.35. The third kappa shape index (κ3) is 3.82. The van der Waals surface area contributed by atoms with Crippen LogP contribution in [0.15, 0.2) is 35.4 Å².